The number of aromatic nitrogens is 1. The van der Waals surface area contributed by atoms with Gasteiger partial charge in [-0.05, 0) is 37.1 Å². The number of halogens is 1. The topological polar surface area (TPSA) is 61.3 Å². The predicted molar refractivity (Wildman–Crippen MR) is 126 cm³/mol. The van der Waals surface area contributed by atoms with Crippen molar-refractivity contribution in [2.45, 2.75) is 33.2 Å². The number of benzene rings is 1. The van der Waals surface area contributed by atoms with E-state index in [-0.39, 0.29) is 30.0 Å². The first-order valence-electron chi connectivity index (χ1n) is 9.42. The molecular formula is C21H32IN5. The van der Waals surface area contributed by atoms with Crippen LogP contribution in [0.2, 0.25) is 0 Å². The average Bonchev–Trinajstić information content (AvgIpc) is 2.66. The van der Waals surface area contributed by atoms with Gasteiger partial charge in [-0.3, -0.25) is 9.98 Å². The first-order chi connectivity index (χ1) is 12.7. The minimum absolute atomic E-state index is 0. The Bertz CT molecular complexity index is 646. The summed E-state index contributed by atoms with van der Waals surface area (Å²) in [5.41, 5.74) is 2.22. The van der Waals surface area contributed by atoms with Gasteiger partial charge >= 0.3 is 0 Å². The first kappa shape index (κ1) is 23.2. The minimum Gasteiger partial charge on any atom is -0.380 e. The van der Waals surface area contributed by atoms with E-state index in [1.807, 2.05) is 42.6 Å². The molecule has 0 aliphatic heterocycles. The number of guanidine groups is 1. The third-order valence-corrected chi connectivity index (χ3v) is 4.12. The van der Waals surface area contributed by atoms with Crippen LogP contribution >= 0.6 is 24.0 Å². The van der Waals surface area contributed by atoms with Crippen LogP contribution in [-0.4, -0.2) is 36.6 Å². The molecular weight excluding hydrogens is 449 g/mol. The van der Waals surface area contributed by atoms with E-state index in [0.29, 0.717) is 12.5 Å². The Labute approximate surface area is 180 Å². The van der Waals surface area contributed by atoms with Crippen LogP contribution in [0.3, 0.4) is 0 Å². The van der Waals surface area contributed by atoms with E-state index < -0.39 is 0 Å². The van der Waals surface area contributed by atoms with Gasteiger partial charge in [-0.25, -0.2) is 0 Å². The Morgan fingerprint density at radius 1 is 1.04 bits per heavy atom. The third kappa shape index (κ3) is 9.08. The van der Waals surface area contributed by atoms with Crippen LogP contribution in [0.25, 0.3) is 0 Å². The van der Waals surface area contributed by atoms with Gasteiger partial charge in [-0.2, -0.15) is 0 Å². The lowest BCUT2D eigenvalue weighted by Gasteiger charge is -2.22. The molecule has 1 aromatic heterocycles. The van der Waals surface area contributed by atoms with E-state index in [2.05, 4.69) is 53.8 Å². The van der Waals surface area contributed by atoms with Gasteiger partial charge in [0.05, 0.1) is 6.54 Å². The molecule has 0 bridgehead atoms. The van der Waals surface area contributed by atoms with Crippen LogP contribution in [0, 0.1) is 5.92 Å². The van der Waals surface area contributed by atoms with Crippen molar-refractivity contribution in [2.75, 3.05) is 25.0 Å². The van der Waals surface area contributed by atoms with Gasteiger partial charge < -0.3 is 16.0 Å². The second kappa shape index (κ2) is 13.4. The van der Waals surface area contributed by atoms with Crippen molar-refractivity contribution in [1.29, 1.82) is 0 Å². The molecule has 0 spiro atoms. The molecule has 2 aromatic rings. The first-order valence-corrected chi connectivity index (χ1v) is 9.42. The Kier molecular flexibility index (Phi) is 11.5. The third-order valence-electron chi connectivity index (χ3n) is 4.12. The van der Waals surface area contributed by atoms with Crippen molar-refractivity contribution < 1.29 is 0 Å². The monoisotopic (exact) mass is 481 g/mol. The van der Waals surface area contributed by atoms with Gasteiger partial charge in [0.25, 0.3) is 0 Å². The number of para-hydroxylation sites is 1. The summed E-state index contributed by atoms with van der Waals surface area (Å²) >= 11 is 0. The molecule has 1 aromatic carbocycles. The molecule has 0 saturated carbocycles. The van der Waals surface area contributed by atoms with Crippen LogP contribution in [0.15, 0.2) is 59.7 Å². The van der Waals surface area contributed by atoms with Crippen molar-refractivity contribution in [3.05, 3.63) is 60.4 Å². The van der Waals surface area contributed by atoms with Gasteiger partial charge in [0, 0.05) is 43.1 Å². The number of nitrogens with zero attached hydrogens (tertiary/aromatic N) is 2. The molecule has 1 heterocycles. The van der Waals surface area contributed by atoms with Crippen molar-refractivity contribution in [2.24, 2.45) is 10.9 Å². The van der Waals surface area contributed by atoms with E-state index in [0.717, 1.165) is 36.9 Å². The molecule has 3 N–H and O–H groups in total. The highest BCUT2D eigenvalue weighted by Crippen LogP contribution is 2.12. The van der Waals surface area contributed by atoms with E-state index in [1.54, 1.807) is 0 Å². The summed E-state index contributed by atoms with van der Waals surface area (Å²) in [6.45, 7) is 8.88. The van der Waals surface area contributed by atoms with E-state index >= 15 is 0 Å². The Morgan fingerprint density at radius 2 is 1.78 bits per heavy atom. The fraction of sp³-hybridized carbons (Fsp3) is 0.429. The van der Waals surface area contributed by atoms with Crippen LogP contribution in [0.1, 0.15) is 26.5 Å². The number of aliphatic imine (C=N–C) groups is 1. The molecule has 0 fully saturated rings. The quantitative estimate of drug-likeness (QED) is 0.289. The number of hydrogen-bond donors (Lipinski definition) is 3. The maximum Gasteiger partial charge on any atom is 0.191 e. The standard InChI is InChI=1S/C21H31N5.HI/c1-4-22-21(24-15-13-18-10-8-9-14-23-18)25-16-20(17(2)3)26-19-11-6-5-7-12-19;/h5-12,14,17,20,26H,4,13,15-16H2,1-3H3,(H2,22,24,25);1H. The van der Waals surface area contributed by atoms with Gasteiger partial charge in [0.1, 0.15) is 0 Å². The predicted octanol–water partition coefficient (Wildman–Crippen LogP) is 3.93. The number of pyridine rings is 1. The smallest absolute Gasteiger partial charge is 0.191 e. The lowest BCUT2D eigenvalue weighted by molar-refractivity contribution is 0.530. The normalized spacial score (nSPS) is 12.2. The maximum atomic E-state index is 4.77. The average molecular weight is 481 g/mol. The zero-order valence-corrected chi connectivity index (χ0v) is 18.8. The van der Waals surface area contributed by atoms with Crippen LogP contribution in [0.4, 0.5) is 5.69 Å². The Morgan fingerprint density at radius 3 is 2.41 bits per heavy atom. The molecule has 0 amide bonds. The van der Waals surface area contributed by atoms with Gasteiger partial charge in [0.2, 0.25) is 0 Å². The Hall–Kier alpha value is -1.83. The highest BCUT2D eigenvalue weighted by atomic mass is 127. The van der Waals surface area contributed by atoms with E-state index in [1.165, 1.54) is 0 Å². The summed E-state index contributed by atoms with van der Waals surface area (Å²) in [5, 5.41) is 10.3. The fourth-order valence-electron chi connectivity index (χ4n) is 2.56. The lowest BCUT2D eigenvalue weighted by atomic mass is 10.0. The van der Waals surface area contributed by atoms with Crippen LogP contribution < -0.4 is 16.0 Å². The molecule has 1 unspecified atom stereocenters. The van der Waals surface area contributed by atoms with E-state index in [9.17, 15) is 0 Å². The lowest BCUT2D eigenvalue weighted by Crippen LogP contribution is -2.40. The summed E-state index contributed by atoms with van der Waals surface area (Å²) in [5.74, 6) is 1.33. The minimum atomic E-state index is 0. The Balaban J connectivity index is 0.00000364. The zero-order chi connectivity index (χ0) is 18.6. The maximum absolute atomic E-state index is 4.77. The number of hydrogen-bond acceptors (Lipinski definition) is 3. The summed E-state index contributed by atoms with van der Waals surface area (Å²) in [6.07, 6.45) is 2.71. The highest BCUT2D eigenvalue weighted by Gasteiger charge is 2.13. The molecule has 27 heavy (non-hydrogen) atoms. The summed E-state index contributed by atoms with van der Waals surface area (Å²) < 4.78 is 0. The number of rotatable bonds is 9. The molecule has 0 aliphatic carbocycles. The van der Waals surface area contributed by atoms with Gasteiger partial charge in [-0.1, -0.05) is 38.1 Å². The van der Waals surface area contributed by atoms with Crippen molar-refractivity contribution in [3.63, 3.8) is 0 Å². The van der Waals surface area contributed by atoms with Crippen LogP contribution in [0.5, 0.6) is 0 Å². The molecule has 2 rings (SSSR count). The SMILES string of the molecule is CCNC(=NCC(Nc1ccccc1)C(C)C)NCCc1ccccn1.I. The summed E-state index contributed by atoms with van der Waals surface area (Å²) in [6, 6.07) is 16.6. The molecule has 5 nitrogen and oxygen atoms in total. The molecule has 1 atom stereocenters. The van der Waals surface area contributed by atoms with Gasteiger partial charge in [-0.15, -0.1) is 24.0 Å². The summed E-state index contributed by atoms with van der Waals surface area (Å²) in [4.78, 5) is 9.13. The van der Waals surface area contributed by atoms with Crippen LogP contribution in [-0.2, 0) is 6.42 Å². The largest absolute Gasteiger partial charge is 0.380 e. The van der Waals surface area contributed by atoms with Crippen molar-refractivity contribution in [3.8, 4) is 0 Å². The summed E-state index contributed by atoms with van der Waals surface area (Å²) in [7, 11) is 0. The van der Waals surface area contributed by atoms with E-state index in [4.69, 9.17) is 4.99 Å². The molecule has 0 radical (unpaired) electrons. The van der Waals surface area contributed by atoms with Crippen molar-refractivity contribution >= 4 is 35.6 Å². The zero-order valence-electron chi connectivity index (χ0n) is 16.5. The second-order valence-corrected chi connectivity index (χ2v) is 6.58. The second-order valence-electron chi connectivity index (χ2n) is 6.58. The fourth-order valence-corrected chi connectivity index (χ4v) is 2.56. The number of nitrogens with one attached hydrogen (secondary N) is 3. The number of anilines is 1. The molecule has 0 saturated heterocycles. The molecule has 0 aliphatic rings. The molecule has 6 heteroatoms. The highest BCUT2D eigenvalue weighted by molar-refractivity contribution is 14.0. The molecule has 148 valence electrons. The van der Waals surface area contributed by atoms with Crippen molar-refractivity contribution in [1.82, 2.24) is 15.6 Å². The van der Waals surface area contributed by atoms with Gasteiger partial charge in [0.15, 0.2) is 5.96 Å².